The van der Waals surface area contributed by atoms with Crippen LogP contribution >= 0.6 is 0 Å². The number of aryl methyl sites for hydroxylation is 1. The average Bonchev–Trinajstić information content (AvgIpc) is 2.42. The smallest absolute Gasteiger partial charge is 0.252 e. The molecule has 18 heavy (non-hydrogen) atoms. The number of aromatic nitrogens is 1. The highest BCUT2D eigenvalue weighted by Crippen LogP contribution is 2.03. The fraction of sp³-hybridized carbons (Fsp3) is 0.200. The average molecular weight is 240 g/mol. The number of benzene rings is 1. The highest BCUT2D eigenvalue weighted by molar-refractivity contribution is 5.93. The number of carbonyl (C=O) groups excluding carboxylic acids is 1. The first kappa shape index (κ1) is 12.3. The number of carbonyl (C=O) groups is 1. The third-order valence-electron chi connectivity index (χ3n) is 2.74. The molecule has 2 aromatic rings. The van der Waals surface area contributed by atoms with Gasteiger partial charge in [0.05, 0.1) is 5.56 Å². The summed E-state index contributed by atoms with van der Waals surface area (Å²) in [6.07, 6.45) is 4.07. The summed E-state index contributed by atoms with van der Waals surface area (Å²) in [5.74, 6) is -0.0739. The third-order valence-corrected chi connectivity index (χ3v) is 2.74. The van der Waals surface area contributed by atoms with E-state index in [9.17, 15) is 4.79 Å². The van der Waals surface area contributed by atoms with E-state index in [1.54, 1.807) is 24.5 Å². The van der Waals surface area contributed by atoms with Crippen molar-refractivity contribution >= 4 is 5.91 Å². The summed E-state index contributed by atoms with van der Waals surface area (Å²) >= 11 is 0. The molecule has 0 aliphatic heterocycles. The van der Waals surface area contributed by atoms with Crippen molar-refractivity contribution in [1.29, 1.82) is 0 Å². The summed E-state index contributed by atoms with van der Waals surface area (Å²) in [4.78, 5) is 15.7. The van der Waals surface area contributed by atoms with Crippen LogP contribution in [-0.4, -0.2) is 17.4 Å². The first-order chi connectivity index (χ1) is 8.75. The first-order valence-electron chi connectivity index (χ1n) is 5.99. The second-order valence-electron chi connectivity index (χ2n) is 4.23. The predicted octanol–water partition coefficient (Wildman–Crippen LogP) is 2.36. The standard InChI is InChI=1S/C15H16N2O/c1-12-4-6-13(7-5-12)8-10-17-15(18)14-3-2-9-16-11-14/h2-7,9,11H,8,10H2,1H3,(H,17,18). The monoisotopic (exact) mass is 240 g/mol. The Bertz CT molecular complexity index is 506. The topological polar surface area (TPSA) is 42.0 Å². The van der Waals surface area contributed by atoms with Crippen molar-refractivity contribution in [2.45, 2.75) is 13.3 Å². The van der Waals surface area contributed by atoms with Gasteiger partial charge in [-0.1, -0.05) is 29.8 Å². The quantitative estimate of drug-likeness (QED) is 0.891. The molecule has 3 nitrogen and oxygen atoms in total. The largest absolute Gasteiger partial charge is 0.352 e. The lowest BCUT2D eigenvalue weighted by Gasteiger charge is -2.05. The van der Waals surface area contributed by atoms with Gasteiger partial charge in [0.15, 0.2) is 0 Å². The Morgan fingerprint density at radius 2 is 2.00 bits per heavy atom. The molecule has 92 valence electrons. The van der Waals surface area contributed by atoms with Crippen molar-refractivity contribution < 1.29 is 4.79 Å². The third kappa shape index (κ3) is 3.42. The van der Waals surface area contributed by atoms with Crippen molar-refractivity contribution in [2.75, 3.05) is 6.54 Å². The molecule has 3 heteroatoms. The molecule has 1 heterocycles. The van der Waals surface area contributed by atoms with Gasteiger partial charge in [-0.2, -0.15) is 0 Å². The predicted molar refractivity (Wildman–Crippen MR) is 71.5 cm³/mol. The number of nitrogens with zero attached hydrogens (tertiary/aromatic N) is 1. The Balaban J connectivity index is 1.82. The molecular weight excluding hydrogens is 224 g/mol. The maximum Gasteiger partial charge on any atom is 0.252 e. The maximum atomic E-state index is 11.7. The molecule has 0 saturated carbocycles. The second-order valence-corrected chi connectivity index (χ2v) is 4.23. The number of hydrogen-bond donors (Lipinski definition) is 1. The van der Waals surface area contributed by atoms with Crippen molar-refractivity contribution in [2.24, 2.45) is 0 Å². The summed E-state index contributed by atoms with van der Waals surface area (Å²) in [5, 5.41) is 2.88. The minimum absolute atomic E-state index is 0.0739. The first-order valence-corrected chi connectivity index (χ1v) is 5.99. The van der Waals surface area contributed by atoms with E-state index in [2.05, 4.69) is 41.5 Å². The van der Waals surface area contributed by atoms with Crippen LogP contribution in [0, 0.1) is 6.92 Å². The molecule has 0 unspecified atom stereocenters. The van der Waals surface area contributed by atoms with E-state index in [1.165, 1.54) is 11.1 Å². The molecule has 1 amide bonds. The van der Waals surface area contributed by atoms with E-state index in [0.717, 1.165) is 6.42 Å². The van der Waals surface area contributed by atoms with Crippen LogP contribution in [0.15, 0.2) is 48.8 Å². The minimum atomic E-state index is -0.0739. The number of hydrogen-bond acceptors (Lipinski definition) is 2. The van der Waals surface area contributed by atoms with Crippen LogP contribution in [0.4, 0.5) is 0 Å². The lowest BCUT2D eigenvalue weighted by atomic mass is 10.1. The second kappa shape index (κ2) is 5.96. The molecule has 0 radical (unpaired) electrons. The van der Waals surface area contributed by atoms with Crippen LogP contribution < -0.4 is 5.32 Å². The summed E-state index contributed by atoms with van der Waals surface area (Å²) in [6, 6.07) is 11.9. The zero-order valence-electron chi connectivity index (χ0n) is 10.4. The van der Waals surface area contributed by atoms with Crippen LogP contribution in [0.2, 0.25) is 0 Å². The molecule has 0 bridgehead atoms. The van der Waals surface area contributed by atoms with Crippen LogP contribution in [0.25, 0.3) is 0 Å². The maximum absolute atomic E-state index is 11.7. The Labute approximate surface area is 107 Å². The van der Waals surface area contributed by atoms with Gasteiger partial charge in [-0.25, -0.2) is 0 Å². The Morgan fingerprint density at radius 3 is 2.67 bits per heavy atom. The van der Waals surface area contributed by atoms with E-state index < -0.39 is 0 Å². The Morgan fingerprint density at radius 1 is 1.22 bits per heavy atom. The molecule has 0 spiro atoms. The van der Waals surface area contributed by atoms with Crippen molar-refractivity contribution in [1.82, 2.24) is 10.3 Å². The number of rotatable bonds is 4. The van der Waals surface area contributed by atoms with E-state index >= 15 is 0 Å². The molecule has 0 saturated heterocycles. The normalized spacial score (nSPS) is 10.1. The number of amides is 1. The van der Waals surface area contributed by atoms with Gasteiger partial charge in [0.25, 0.3) is 5.91 Å². The van der Waals surface area contributed by atoms with E-state index in [-0.39, 0.29) is 5.91 Å². The zero-order valence-corrected chi connectivity index (χ0v) is 10.4. The molecule has 0 atom stereocenters. The SMILES string of the molecule is Cc1ccc(CCNC(=O)c2cccnc2)cc1. The van der Waals surface area contributed by atoms with Crippen LogP contribution in [0.1, 0.15) is 21.5 Å². The van der Waals surface area contributed by atoms with Gasteiger partial charge in [-0.15, -0.1) is 0 Å². The molecule has 0 aliphatic carbocycles. The Hall–Kier alpha value is -2.16. The molecule has 1 aromatic heterocycles. The molecule has 1 aromatic carbocycles. The highest BCUT2D eigenvalue weighted by Gasteiger charge is 2.03. The van der Waals surface area contributed by atoms with Crippen LogP contribution in [0.3, 0.4) is 0 Å². The van der Waals surface area contributed by atoms with Crippen LogP contribution in [0.5, 0.6) is 0 Å². The summed E-state index contributed by atoms with van der Waals surface area (Å²) in [5.41, 5.74) is 3.08. The highest BCUT2D eigenvalue weighted by atomic mass is 16.1. The van der Waals surface area contributed by atoms with Gasteiger partial charge in [-0.05, 0) is 31.0 Å². The fourth-order valence-electron chi connectivity index (χ4n) is 1.67. The van der Waals surface area contributed by atoms with E-state index in [4.69, 9.17) is 0 Å². The van der Waals surface area contributed by atoms with Gasteiger partial charge in [0.1, 0.15) is 0 Å². The summed E-state index contributed by atoms with van der Waals surface area (Å²) in [7, 11) is 0. The Kier molecular flexibility index (Phi) is 4.07. The van der Waals surface area contributed by atoms with Gasteiger partial charge in [0.2, 0.25) is 0 Å². The van der Waals surface area contributed by atoms with Crippen molar-refractivity contribution in [3.63, 3.8) is 0 Å². The van der Waals surface area contributed by atoms with Crippen molar-refractivity contribution in [3.8, 4) is 0 Å². The lowest BCUT2D eigenvalue weighted by molar-refractivity contribution is 0.0954. The van der Waals surface area contributed by atoms with Gasteiger partial charge in [-0.3, -0.25) is 9.78 Å². The van der Waals surface area contributed by atoms with Gasteiger partial charge < -0.3 is 5.32 Å². The number of nitrogens with one attached hydrogen (secondary N) is 1. The summed E-state index contributed by atoms with van der Waals surface area (Å²) < 4.78 is 0. The molecular formula is C15H16N2O. The van der Waals surface area contributed by atoms with E-state index in [1.807, 2.05) is 0 Å². The van der Waals surface area contributed by atoms with Gasteiger partial charge in [0, 0.05) is 18.9 Å². The number of pyridine rings is 1. The van der Waals surface area contributed by atoms with Crippen LogP contribution in [-0.2, 0) is 6.42 Å². The van der Waals surface area contributed by atoms with E-state index in [0.29, 0.717) is 12.1 Å². The fourth-order valence-corrected chi connectivity index (χ4v) is 1.67. The molecule has 0 aliphatic rings. The molecule has 0 fully saturated rings. The van der Waals surface area contributed by atoms with Gasteiger partial charge >= 0.3 is 0 Å². The summed E-state index contributed by atoms with van der Waals surface area (Å²) in [6.45, 7) is 2.70. The molecule has 2 rings (SSSR count). The van der Waals surface area contributed by atoms with Crippen molar-refractivity contribution in [3.05, 3.63) is 65.5 Å². The minimum Gasteiger partial charge on any atom is -0.352 e. The molecule has 1 N–H and O–H groups in total. The zero-order chi connectivity index (χ0) is 12.8. The lowest BCUT2D eigenvalue weighted by Crippen LogP contribution is -2.25.